The van der Waals surface area contributed by atoms with Gasteiger partial charge in [-0.05, 0) is 42.5 Å². The summed E-state index contributed by atoms with van der Waals surface area (Å²) < 4.78 is 35.9. The fourth-order valence-corrected chi connectivity index (χ4v) is 4.27. The van der Waals surface area contributed by atoms with Crippen molar-refractivity contribution in [2.24, 2.45) is 0 Å². The molecule has 0 aromatic carbocycles. The number of aromatic nitrogens is 8. The maximum atomic E-state index is 14.2. The van der Waals surface area contributed by atoms with E-state index in [-0.39, 0.29) is 23.7 Å². The summed E-state index contributed by atoms with van der Waals surface area (Å²) in [5, 5.41) is 17.0. The quantitative estimate of drug-likeness (QED) is 0.389. The van der Waals surface area contributed by atoms with Crippen LogP contribution in [0.1, 0.15) is 39.7 Å². The van der Waals surface area contributed by atoms with Gasteiger partial charge in [0.25, 0.3) is 5.91 Å². The number of amides is 1. The predicted molar refractivity (Wildman–Crippen MR) is 116 cm³/mol. The normalized spacial score (nSPS) is 11.9. The predicted octanol–water partition coefficient (Wildman–Crippen LogP) is 3.08. The smallest absolute Gasteiger partial charge is 0.305 e. The van der Waals surface area contributed by atoms with Gasteiger partial charge in [-0.1, -0.05) is 5.16 Å². The molecule has 0 saturated heterocycles. The van der Waals surface area contributed by atoms with E-state index in [4.69, 9.17) is 4.52 Å². The number of hydrogen-bond donors (Lipinski definition) is 1. The number of pyridine rings is 1. The Balaban J connectivity index is 1.64. The van der Waals surface area contributed by atoms with Crippen LogP contribution in [0.4, 0.5) is 8.78 Å². The average molecular weight is 485 g/mol. The van der Waals surface area contributed by atoms with E-state index in [0.29, 0.717) is 24.1 Å². The number of rotatable bonds is 6. The second kappa shape index (κ2) is 8.06. The van der Waals surface area contributed by atoms with Gasteiger partial charge in [-0.15, -0.1) is 16.4 Å². The van der Waals surface area contributed by atoms with Gasteiger partial charge < -0.3 is 9.84 Å². The van der Waals surface area contributed by atoms with Crippen LogP contribution < -0.4 is 5.32 Å². The lowest BCUT2D eigenvalue weighted by atomic mass is 10.2. The third-order valence-corrected chi connectivity index (χ3v) is 5.92. The standard InChI is InChI=1S/C20H17F2N9O2S/c1-10-4-5-15(34-10)14-7-23-17-13(31-19(20(3,21)22)26-28-29-31)6-12(9-30(14)17)18(32)24-8-16-25-11(2)27-33-16/h4-7,9H,8H2,1-3H3,(H,24,32). The van der Waals surface area contributed by atoms with Gasteiger partial charge in [0.2, 0.25) is 11.7 Å². The molecule has 174 valence electrons. The lowest BCUT2D eigenvalue weighted by Gasteiger charge is -2.13. The van der Waals surface area contributed by atoms with E-state index in [0.717, 1.165) is 14.4 Å². The highest BCUT2D eigenvalue weighted by molar-refractivity contribution is 7.15. The number of thiophene rings is 1. The molecule has 14 heteroatoms. The van der Waals surface area contributed by atoms with Crippen molar-refractivity contribution in [3.8, 4) is 16.3 Å². The molecule has 0 aliphatic carbocycles. The van der Waals surface area contributed by atoms with E-state index in [1.54, 1.807) is 23.7 Å². The topological polar surface area (TPSA) is 129 Å². The second-order valence-electron chi connectivity index (χ2n) is 7.58. The molecule has 5 rings (SSSR count). The molecule has 1 amide bonds. The number of nitrogens with one attached hydrogen (secondary N) is 1. The van der Waals surface area contributed by atoms with Gasteiger partial charge in [0, 0.05) is 18.0 Å². The summed E-state index contributed by atoms with van der Waals surface area (Å²) in [5.74, 6) is -3.81. The van der Waals surface area contributed by atoms with Crippen LogP contribution in [0.15, 0.2) is 35.1 Å². The van der Waals surface area contributed by atoms with Crippen molar-refractivity contribution in [3.05, 3.63) is 58.6 Å². The third-order valence-electron chi connectivity index (χ3n) is 4.90. The van der Waals surface area contributed by atoms with E-state index in [9.17, 15) is 13.6 Å². The second-order valence-corrected chi connectivity index (χ2v) is 8.87. The van der Waals surface area contributed by atoms with Crippen LogP contribution >= 0.6 is 11.3 Å². The van der Waals surface area contributed by atoms with Gasteiger partial charge >= 0.3 is 5.92 Å². The van der Waals surface area contributed by atoms with E-state index in [1.165, 1.54) is 17.4 Å². The molecule has 5 heterocycles. The Morgan fingerprint density at radius 2 is 2.12 bits per heavy atom. The summed E-state index contributed by atoms with van der Waals surface area (Å²) in [6.45, 7) is 4.32. The highest BCUT2D eigenvalue weighted by Gasteiger charge is 2.33. The van der Waals surface area contributed by atoms with Crippen LogP contribution in [-0.2, 0) is 12.5 Å². The summed E-state index contributed by atoms with van der Waals surface area (Å²) in [5.41, 5.74) is 1.30. The van der Waals surface area contributed by atoms with Gasteiger partial charge in [-0.25, -0.2) is 4.98 Å². The van der Waals surface area contributed by atoms with Gasteiger partial charge in [0.1, 0.15) is 5.69 Å². The Bertz CT molecular complexity index is 1510. The zero-order valence-corrected chi connectivity index (χ0v) is 19.0. The van der Waals surface area contributed by atoms with Crippen molar-refractivity contribution in [2.45, 2.75) is 33.2 Å². The van der Waals surface area contributed by atoms with Crippen molar-refractivity contribution in [3.63, 3.8) is 0 Å². The van der Waals surface area contributed by atoms with Crippen LogP contribution in [0.5, 0.6) is 0 Å². The largest absolute Gasteiger partial charge is 0.343 e. The van der Waals surface area contributed by atoms with Gasteiger partial charge in [-0.2, -0.15) is 18.4 Å². The first-order chi connectivity index (χ1) is 16.2. The Morgan fingerprint density at radius 1 is 1.29 bits per heavy atom. The fourth-order valence-electron chi connectivity index (χ4n) is 3.40. The summed E-state index contributed by atoms with van der Waals surface area (Å²) >= 11 is 1.54. The Labute approximate surface area is 194 Å². The number of carbonyl (C=O) groups is 1. The first-order valence-corrected chi connectivity index (χ1v) is 10.8. The van der Waals surface area contributed by atoms with Crippen LogP contribution in [-0.4, -0.2) is 45.6 Å². The zero-order chi connectivity index (χ0) is 24.0. The SMILES string of the molecule is Cc1noc(CNC(=O)c2cc(-n3nnnc3C(C)(F)F)c3ncc(-c4ccc(C)s4)n3c2)n1. The Morgan fingerprint density at radius 3 is 2.79 bits per heavy atom. The molecule has 5 aromatic rings. The molecular weight excluding hydrogens is 468 g/mol. The highest BCUT2D eigenvalue weighted by atomic mass is 32.1. The number of hydrogen-bond acceptors (Lipinski definition) is 9. The van der Waals surface area contributed by atoms with Crippen molar-refractivity contribution in [1.82, 2.24) is 45.0 Å². The minimum absolute atomic E-state index is 0.00287. The molecule has 0 spiro atoms. The Hall–Kier alpha value is -4.07. The molecule has 0 radical (unpaired) electrons. The van der Waals surface area contributed by atoms with E-state index >= 15 is 0 Å². The first kappa shape index (κ1) is 21.8. The number of halogens is 2. The number of aryl methyl sites for hydroxylation is 2. The van der Waals surface area contributed by atoms with E-state index < -0.39 is 17.7 Å². The Kier molecular flexibility index (Phi) is 5.16. The van der Waals surface area contributed by atoms with Crippen LogP contribution in [0, 0.1) is 13.8 Å². The van der Waals surface area contributed by atoms with Crippen molar-refractivity contribution in [2.75, 3.05) is 0 Å². The van der Waals surface area contributed by atoms with E-state index in [2.05, 4.69) is 36.0 Å². The fraction of sp³-hybridized carbons (Fsp3) is 0.250. The molecule has 0 bridgehead atoms. The van der Waals surface area contributed by atoms with Gasteiger partial charge in [-0.3, -0.25) is 9.20 Å². The number of fused-ring (bicyclic) bond motifs is 1. The van der Waals surface area contributed by atoms with Gasteiger partial charge in [0.05, 0.1) is 28.9 Å². The maximum absolute atomic E-state index is 14.2. The van der Waals surface area contributed by atoms with Crippen LogP contribution in [0.3, 0.4) is 0 Å². The monoisotopic (exact) mass is 485 g/mol. The molecule has 0 saturated carbocycles. The molecule has 0 unspecified atom stereocenters. The number of nitrogens with zero attached hydrogens (tertiary/aromatic N) is 8. The zero-order valence-electron chi connectivity index (χ0n) is 18.2. The minimum atomic E-state index is -3.32. The lowest BCUT2D eigenvalue weighted by Crippen LogP contribution is -2.24. The minimum Gasteiger partial charge on any atom is -0.343 e. The summed E-state index contributed by atoms with van der Waals surface area (Å²) in [4.78, 5) is 23.5. The average Bonchev–Trinajstić information content (AvgIpc) is 3.57. The number of carbonyl (C=O) groups excluding carboxylic acids is 1. The number of alkyl halides is 2. The molecule has 0 fully saturated rings. The number of tetrazole rings is 1. The molecule has 34 heavy (non-hydrogen) atoms. The van der Waals surface area contributed by atoms with Crippen molar-refractivity contribution < 1.29 is 18.1 Å². The molecule has 11 nitrogen and oxygen atoms in total. The van der Waals surface area contributed by atoms with Crippen molar-refractivity contribution in [1.29, 1.82) is 0 Å². The third kappa shape index (κ3) is 3.91. The molecular formula is C20H17F2N9O2S. The van der Waals surface area contributed by atoms with Gasteiger partial charge in [0.15, 0.2) is 11.5 Å². The molecule has 0 aliphatic heterocycles. The summed E-state index contributed by atoms with van der Waals surface area (Å²) in [6, 6.07) is 5.29. The molecule has 0 aliphatic rings. The molecule has 5 aromatic heterocycles. The molecule has 0 atom stereocenters. The maximum Gasteiger partial charge on any atom is 0.305 e. The first-order valence-electron chi connectivity index (χ1n) is 10.0. The number of imidazole rings is 1. The highest BCUT2D eigenvalue weighted by Crippen LogP contribution is 2.32. The van der Waals surface area contributed by atoms with Crippen LogP contribution in [0.2, 0.25) is 0 Å². The summed E-state index contributed by atoms with van der Waals surface area (Å²) in [6.07, 6.45) is 3.19. The lowest BCUT2D eigenvalue weighted by molar-refractivity contribution is 0.00530. The summed E-state index contributed by atoms with van der Waals surface area (Å²) in [7, 11) is 0. The van der Waals surface area contributed by atoms with Crippen LogP contribution in [0.25, 0.3) is 21.9 Å². The molecule has 1 N–H and O–H groups in total. The van der Waals surface area contributed by atoms with Crippen molar-refractivity contribution >= 4 is 22.9 Å². The van der Waals surface area contributed by atoms with E-state index in [1.807, 2.05) is 19.1 Å².